The van der Waals surface area contributed by atoms with Crippen molar-refractivity contribution >= 4 is 41.5 Å². The fourth-order valence-corrected chi connectivity index (χ4v) is 4.65. The molecule has 15 heteroatoms. The summed E-state index contributed by atoms with van der Waals surface area (Å²) >= 11 is 0. The van der Waals surface area contributed by atoms with Crippen molar-refractivity contribution in [1.29, 1.82) is 0 Å². The maximum absolute atomic E-state index is 13.9. The number of carbonyl (C=O) groups excluding carboxylic acids is 6. The van der Waals surface area contributed by atoms with E-state index >= 15 is 0 Å². The molecule has 2 rings (SSSR count). The van der Waals surface area contributed by atoms with Crippen LogP contribution in [0.1, 0.15) is 65.4 Å². The number of likely N-dealkylation sites (tertiary alicyclic amines) is 1. The Labute approximate surface area is 262 Å². The van der Waals surface area contributed by atoms with Gasteiger partial charge in [0.15, 0.2) is 0 Å². The number of rotatable bonds is 16. The van der Waals surface area contributed by atoms with Crippen LogP contribution in [0.2, 0.25) is 0 Å². The molecule has 0 spiro atoms. The van der Waals surface area contributed by atoms with Gasteiger partial charge >= 0.3 is 18.1 Å². The molecule has 1 aromatic carbocycles. The first-order chi connectivity index (χ1) is 21.3. The van der Waals surface area contributed by atoms with Crippen LogP contribution in [0.25, 0.3) is 0 Å². The molecule has 1 aromatic rings. The van der Waals surface area contributed by atoms with Crippen LogP contribution in [-0.4, -0.2) is 84.7 Å². The number of benzene rings is 1. The lowest BCUT2D eigenvalue weighted by atomic mass is 10.0. The number of anilines is 1. The fourth-order valence-electron chi connectivity index (χ4n) is 4.65. The largest absolute Gasteiger partial charge is 0.464 e. The van der Waals surface area contributed by atoms with Crippen molar-refractivity contribution < 1.29 is 42.6 Å². The monoisotopic (exact) mass is 636 g/mol. The van der Waals surface area contributed by atoms with Gasteiger partial charge in [-0.3, -0.25) is 24.1 Å². The number of hydrogen-bond donors (Lipinski definition) is 5. The zero-order valence-electron chi connectivity index (χ0n) is 26.2. The minimum atomic E-state index is -1.25. The third-order valence-corrected chi connectivity index (χ3v) is 7.01. The highest BCUT2D eigenvalue weighted by Gasteiger charge is 2.37. The minimum Gasteiger partial charge on any atom is -0.464 e. The van der Waals surface area contributed by atoms with Gasteiger partial charge in [0, 0.05) is 32.0 Å². The minimum absolute atomic E-state index is 0.0471. The Bertz CT molecular complexity index is 1180. The van der Waals surface area contributed by atoms with E-state index in [0.29, 0.717) is 24.1 Å². The first-order valence-electron chi connectivity index (χ1n) is 15.0. The van der Waals surface area contributed by atoms with Crippen molar-refractivity contribution in [3.63, 3.8) is 0 Å². The molecule has 1 aliphatic rings. The van der Waals surface area contributed by atoms with E-state index in [0.717, 1.165) is 0 Å². The second kappa shape index (κ2) is 18.4. The van der Waals surface area contributed by atoms with Gasteiger partial charge in [-0.25, -0.2) is 14.0 Å². The van der Waals surface area contributed by atoms with Crippen molar-refractivity contribution in [2.24, 2.45) is 11.7 Å². The molecule has 6 amide bonds. The van der Waals surface area contributed by atoms with E-state index in [9.17, 15) is 33.2 Å². The summed E-state index contributed by atoms with van der Waals surface area (Å²) in [6, 6.07) is 3.28. The van der Waals surface area contributed by atoms with Crippen molar-refractivity contribution in [3.05, 3.63) is 29.8 Å². The van der Waals surface area contributed by atoms with E-state index in [1.807, 2.05) is 6.92 Å². The predicted octanol–water partition coefficient (Wildman–Crippen LogP) is 2.11. The summed E-state index contributed by atoms with van der Waals surface area (Å²) in [4.78, 5) is 74.4. The highest BCUT2D eigenvalue weighted by atomic mass is 19.1. The quantitative estimate of drug-likeness (QED) is 0.134. The number of amides is 6. The maximum atomic E-state index is 13.9. The van der Waals surface area contributed by atoms with Gasteiger partial charge in [0.2, 0.25) is 17.7 Å². The average Bonchev–Trinajstić information content (AvgIpc) is 3.35. The second-order valence-corrected chi connectivity index (χ2v) is 11.2. The number of nitrogens with zero attached hydrogens (tertiary/aromatic N) is 1. The van der Waals surface area contributed by atoms with Gasteiger partial charge in [0.25, 0.3) is 0 Å². The number of nitrogens with two attached hydrogens (primary N) is 1. The number of esters is 1. The first-order valence-corrected chi connectivity index (χ1v) is 15.0. The second-order valence-electron chi connectivity index (χ2n) is 11.2. The third kappa shape index (κ3) is 13.0. The summed E-state index contributed by atoms with van der Waals surface area (Å²) in [7, 11) is 0. The van der Waals surface area contributed by atoms with Crippen LogP contribution in [0.5, 0.6) is 0 Å². The van der Waals surface area contributed by atoms with Crippen molar-refractivity contribution in [3.8, 4) is 0 Å². The molecule has 0 saturated carbocycles. The molecule has 6 N–H and O–H groups in total. The zero-order chi connectivity index (χ0) is 33.5. The van der Waals surface area contributed by atoms with E-state index in [-0.39, 0.29) is 57.4 Å². The molecule has 0 radical (unpaired) electrons. The van der Waals surface area contributed by atoms with Gasteiger partial charge in [0.1, 0.15) is 31.5 Å². The summed E-state index contributed by atoms with van der Waals surface area (Å²) in [5, 5.41) is 10.6. The van der Waals surface area contributed by atoms with Gasteiger partial charge in [-0.2, -0.15) is 0 Å². The van der Waals surface area contributed by atoms with Gasteiger partial charge in [-0.05, 0) is 42.9 Å². The molecule has 1 fully saturated rings. The molecule has 4 atom stereocenters. The predicted molar refractivity (Wildman–Crippen MR) is 162 cm³/mol. The van der Waals surface area contributed by atoms with Crippen LogP contribution >= 0.6 is 0 Å². The number of urea groups is 1. The molecular weight excluding hydrogens is 591 g/mol. The van der Waals surface area contributed by atoms with E-state index in [1.54, 1.807) is 38.1 Å². The molecular formula is C30H45FN6O8. The van der Waals surface area contributed by atoms with Gasteiger partial charge in [-0.15, -0.1) is 0 Å². The Balaban J connectivity index is 2.01. The first kappa shape index (κ1) is 36.8. The molecule has 0 aliphatic carbocycles. The number of halogens is 1. The summed E-state index contributed by atoms with van der Waals surface area (Å²) in [5.74, 6) is -2.06. The van der Waals surface area contributed by atoms with Crippen LogP contribution < -0.4 is 27.0 Å². The van der Waals surface area contributed by atoms with E-state index < -0.39 is 54.2 Å². The number of alkyl halides is 1. The van der Waals surface area contributed by atoms with Gasteiger partial charge in [0.05, 0.1) is 12.6 Å². The van der Waals surface area contributed by atoms with Crippen LogP contribution in [-0.2, 0) is 35.3 Å². The summed E-state index contributed by atoms with van der Waals surface area (Å²) in [6.45, 7) is 6.45. The summed E-state index contributed by atoms with van der Waals surface area (Å²) in [5.41, 5.74) is 6.11. The Morgan fingerprint density at radius 1 is 1.04 bits per heavy atom. The SMILES string of the molecule is CCCC(=O)N[C@H](C(=O)N[C@@H](CCCNC(N)=O)C(=O)Nc1ccc(COC(=O)N2C[C@@H](F)C[C@H]2COC(C)=O)cc1)C(C)C. The topological polar surface area (TPSA) is 198 Å². The summed E-state index contributed by atoms with van der Waals surface area (Å²) < 4.78 is 24.2. The average molecular weight is 637 g/mol. The molecule has 250 valence electrons. The molecule has 1 heterocycles. The number of carbonyl (C=O) groups is 6. The Morgan fingerprint density at radius 2 is 1.73 bits per heavy atom. The highest BCUT2D eigenvalue weighted by molar-refractivity contribution is 5.98. The van der Waals surface area contributed by atoms with E-state index in [4.69, 9.17) is 15.2 Å². The molecule has 1 aliphatic heterocycles. The van der Waals surface area contributed by atoms with Gasteiger partial charge < -0.3 is 36.5 Å². The molecule has 45 heavy (non-hydrogen) atoms. The van der Waals surface area contributed by atoms with Crippen LogP contribution in [0.15, 0.2) is 24.3 Å². The van der Waals surface area contributed by atoms with Gasteiger partial charge in [-0.1, -0.05) is 32.9 Å². The lowest BCUT2D eigenvalue weighted by Gasteiger charge is -2.25. The van der Waals surface area contributed by atoms with Crippen molar-refractivity contribution in [1.82, 2.24) is 20.9 Å². The smallest absolute Gasteiger partial charge is 0.410 e. The molecule has 0 aromatic heterocycles. The normalized spacial score (nSPS) is 17.2. The van der Waals surface area contributed by atoms with Crippen LogP contribution in [0.3, 0.4) is 0 Å². The molecule has 1 saturated heterocycles. The van der Waals surface area contributed by atoms with Crippen LogP contribution in [0, 0.1) is 5.92 Å². The lowest BCUT2D eigenvalue weighted by molar-refractivity contribution is -0.142. The maximum Gasteiger partial charge on any atom is 0.410 e. The standard InChI is InChI=1S/C30H45FN6O8/c1-5-7-25(39)36-26(18(2)3)28(41)35-24(8-6-13-33-29(32)42)27(40)34-22-11-9-20(10-12-22)16-45-30(43)37-15-21(31)14-23(37)17-44-19(4)38/h9-12,18,21,23-24,26H,5-8,13-17H2,1-4H3,(H,34,40)(H,35,41)(H,36,39)(H3,32,33,42)/t21-,23-,24-,26-/m0/s1. The number of primary amides is 1. The van der Waals surface area contributed by atoms with E-state index in [1.165, 1.54) is 11.8 Å². The highest BCUT2D eigenvalue weighted by Crippen LogP contribution is 2.22. The number of hydrogen-bond acceptors (Lipinski definition) is 8. The number of ether oxygens (including phenoxy) is 2. The fraction of sp³-hybridized carbons (Fsp3) is 0.600. The molecule has 14 nitrogen and oxygen atoms in total. The lowest BCUT2D eigenvalue weighted by Crippen LogP contribution is -2.54. The van der Waals surface area contributed by atoms with Crippen molar-refractivity contribution in [2.75, 3.05) is 25.0 Å². The molecule has 0 bridgehead atoms. The van der Waals surface area contributed by atoms with Crippen LogP contribution in [0.4, 0.5) is 19.7 Å². The molecule has 0 unspecified atom stereocenters. The Morgan fingerprint density at radius 3 is 2.33 bits per heavy atom. The summed E-state index contributed by atoms with van der Waals surface area (Å²) in [6.07, 6.45) is -0.541. The Kier molecular flexibility index (Phi) is 15.0. The third-order valence-electron chi connectivity index (χ3n) is 7.01. The zero-order valence-corrected chi connectivity index (χ0v) is 26.2. The van der Waals surface area contributed by atoms with E-state index in [2.05, 4.69) is 21.3 Å². The number of nitrogens with one attached hydrogen (secondary N) is 4. The Hall–Kier alpha value is -4.43. The van der Waals surface area contributed by atoms with Crippen molar-refractivity contribution in [2.45, 2.75) is 90.7 Å².